The molecule has 0 aromatic heterocycles. The van der Waals surface area contributed by atoms with Crippen LogP contribution in [0.2, 0.25) is 0 Å². The van der Waals surface area contributed by atoms with E-state index in [9.17, 15) is 18.3 Å². The Morgan fingerprint density at radius 2 is 1.90 bits per heavy atom. The number of halogens is 3. The number of alkyl halides is 3. The summed E-state index contributed by atoms with van der Waals surface area (Å²) < 4.78 is 43.0. The second kappa shape index (κ2) is 6.48. The molecule has 0 aliphatic heterocycles. The second-order valence-corrected chi connectivity index (χ2v) is 5.30. The molecule has 0 heterocycles. The maximum Gasteiger partial charge on any atom is 0.416 e. The number of ether oxygens (including phenoxy) is 1. The lowest BCUT2D eigenvalue weighted by atomic mass is 9.85. The smallest absolute Gasteiger partial charge is 0.416 e. The predicted octanol–water partition coefficient (Wildman–Crippen LogP) is 4.03. The van der Waals surface area contributed by atoms with Gasteiger partial charge in [-0.05, 0) is 37.0 Å². The van der Waals surface area contributed by atoms with Crippen molar-refractivity contribution in [3.63, 3.8) is 0 Å². The third-order valence-corrected chi connectivity index (χ3v) is 3.78. The first-order valence-electron chi connectivity index (χ1n) is 6.95. The fraction of sp³-hybridized carbons (Fsp3) is 0.600. The number of benzene rings is 1. The van der Waals surface area contributed by atoms with Gasteiger partial charge in [0.25, 0.3) is 0 Å². The van der Waals surface area contributed by atoms with Crippen molar-refractivity contribution in [2.45, 2.75) is 44.4 Å². The lowest BCUT2D eigenvalue weighted by Crippen LogP contribution is -2.28. The number of rotatable bonds is 4. The van der Waals surface area contributed by atoms with Gasteiger partial charge in [-0.2, -0.15) is 13.2 Å². The van der Waals surface area contributed by atoms with E-state index < -0.39 is 17.8 Å². The van der Waals surface area contributed by atoms with Gasteiger partial charge in [0.05, 0.1) is 11.7 Å². The molecule has 2 rings (SSSR count). The van der Waals surface area contributed by atoms with Crippen LogP contribution in [-0.2, 0) is 6.18 Å². The Bertz CT molecular complexity index is 425. The van der Waals surface area contributed by atoms with E-state index in [2.05, 4.69) is 0 Å². The van der Waals surface area contributed by atoms with Crippen molar-refractivity contribution in [3.8, 4) is 5.75 Å². The number of aliphatic hydroxyl groups excluding tert-OH is 1. The summed E-state index contributed by atoms with van der Waals surface area (Å²) in [6.45, 7) is 0.0476. The van der Waals surface area contributed by atoms with E-state index in [-0.39, 0.29) is 18.3 Å². The molecule has 1 aromatic carbocycles. The molecule has 1 unspecified atom stereocenters. The molecule has 1 aromatic rings. The average molecular weight is 288 g/mol. The molecule has 1 atom stereocenters. The topological polar surface area (TPSA) is 29.5 Å². The molecule has 112 valence electrons. The number of hydrogen-bond acceptors (Lipinski definition) is 2. The lowest BCUT2D eigenvalue weighted by Gasteiger charge is -2.26. The zero-order chi connectivity index (χ0) is 14.6. The molecule has 5 heteroatoms. The summed E-state index contributed by atoms with van der Waals surface area (Å²) in [5.74, 6) is 0.351. The van der Waals surface area contributed by atoms with Crippen LogP contribution in [0.4, 0.5) is 13.2 Å². The van der Waals surface area contributed by atoms with Crippen molar-refractivity contribution in [3.05, 3.63) is 29.8 Å². The third-order valence-electron chi connectivity index (χ3n) is 3.78. The first-order chi connectivity index (χ1) is 9.47. The minimum Gasteiger partial charge on any atom is -0.491 e. The molecule has 1 fully saturated rings. The van der Waals surface area contributed by atoms with Gasteiger partial charge in [-0.25, -0.2) is 0 Å². The largest absolute Gasteiger partial charge is 0.491 e. The van der Waals surface area contributed by atoms with E-state index in [0.29, 0.717) is 0 Å². The Labute approximate surface area is 116 Å². The van der Waals surface area contributed by atoms with Crippen molar-refractivity contribution in [1.29, 1.82) is 0 Å². The molecule has 0 radical (unpaired) electrons. The maximum absolute atomic E-state index is 12.6. The van der Waals surface area contributed by atoms with Gasteiger partial charge in [-0.1, -0.05) is 25.3 Å². The van der Waals surface area contributed by atoms with Gasteiger partial charge >= 0.3 is 6.18 Å². The molecular formula is C15H19F3O2. The van der Waals surface area contributed by atoms with E-state index >= 15 is 0 Å². The van der Waals surface area contributed by atoms with Crippen LogP contribution in [0, 0.1) is 5.92 Å². The molecule has 1 aliphatic carbocycles. The first-order valence-corrected chi connectivity index (χ1v) is 6.95. The van der Waals surface area contributed by atoms with Gasteiger partial charge in [0.1, 0.15) is 12.4 Å². The van der Waals surface area contributed by atoms with Crippen LogP contribution in [0.15, 0.2) is 24.3 Å². The highest BCUT2D eigenvalue weighted by molar-refractivity contribution is 5.30. The highest BCUT2D eigenvalue weighted by Crippen LogP contribution is 2.31. The second-order valence-electron chi connectivity index (χ2n) is 5.30. The zero-order valence-electron chi connectivity index (χ0n) is 11.2. The van der Waals surface area contributed by atoms with E-state index in [0.717, 1.165) is 37.8 Å². The van der Waals surface area contributed by atoms with Gasteiger partial charge in [0.15, 0.2) is 0 Å². The average Bonchev–Trinajstić information content (AvgIpc) is 2.45. The highest BCUT2D eigenvalue weighted by atomic mass is 19.4. The molecule has 2 nitrogen and oxygen atoms in total. The van der Waals surface area contributed by atoms with Crippen molar-refractivity contribution in [1.82, 2.24) is 0 Å². The number of aliphatic hydroxyl groups is 1. The fourth-order valence-electron chi connectivity index (χ4n) is 2.60. The molecule has 1 saturated carbocycles. The molecule has 0 bridgehead atoms. The Balaban J connectivity index is 1.90. The van der Waals surface area contributed by atoms with Crippen molar-refractivity contribution < 1.29 is 23.0 Å². The summed E-state index contributed by atoms with van der Waals surface area (Å²) >= 11 is 0. The Morgan fingerprint density at radius 3 is 2.55 bits per heavy atom. The summed E-state index contributed by atoms with van der Waals surface area (Å²) in [5.41, 5.74) is -0.734. The molecule has 0 amide bonds. The first kappa shape index (κ1) is 15.2. The summed E-state index contributed by atoms with van der Waals surface area (Å²) in [7, 11) is 0. The normalized spacial score (nSPS) is 18.8. The zero-order valence-corrected chi connectivity index (χ0v) is 11.2. The molecule has 1 N–H and O–H groups in total. The lowest BCUT2D eigenvalue weighted by molar-refractivity contribution is -0.137. The third kappa shape index (κ3) is 4.13. The minimum atomic E-state index is -4.37. The summed E-state index contributed by atoms with van der Waals surface area (Å²) in [4.78, 5) is 0. The predicted molar refractivity (Wildman–Crippen MR) is 69.5 cm³/mol. The van der Waals surface area contributed by atoms with Crippen LogP contribution in [0.5, 0.6) is 5.75 Å². The molecule has 20 heavy (non-hydrogen) atoms. The summed E-state index contributed by atoms with van der Waals surface area (Å²) in [6, 6.07) is 4.76. The van der Waals surface area contributed by atoms with Gasteiger partial charge in [-0.3, -0.25) is 0 Å². The van der Waals surface area contributed by atoms with Gasteiger partial charge in [0.2, 0.25) is 0 Å². The van der Waals surface area contributed by atoms with Crippen molar-refractivity contribution >= 4 is 0 Å². The monoisotopic (exact) mass is 288 g/mol. The van der Waals surface area contributed by atoms with E-state index in [1.54, 1.807) is 0 Å². The summed E-state index contributed by atoms with van der Waals surface area (Å²) in [5, 5.41) is 10.0. The van der Waals surface area contributed by atoms with Gasteiger partial charge < -0.3 is 9.84 Å². The van der Waals surface area contributed by atoms with Crippen LogP contribution in [0.1, 0.15) is 37.7 Å². The van der Waals surface area contributed by atoms with Crippen LogP contribution < -0.4 is 4.74 Å². The quantitative estimate of drug-likeness (QED) is 0.906. The Hall–Kier alpha value is -1.23. The fourth-order valence-corrected chi connectivity index (χ4v) is 2.60. The minimum absolute atomic E-state index is 0.0476. The molecule has 0 saturated heterocycles. The standard InChI is InChI=1S/C15H19F3O2/c16-15(17,18)12-7-4-8-13(9-12)20-10-14(19)11-5-2-1-3-6-11/h4,7-9,11,14,19H,1-3,5-6,10H2. The Kier molecular flexibility index (Phi) is 4.91. The van der Waals surface area contributed by atoms with Crippen molar-refractivity contribution in [2.24, 2.45) is 5.92 Å². The van der Waals surface area contributed by atoms with Crippen molar-refractivity contribution in [2.75, 3.05) is 6.61 Å². The SMILES string of the molecule is OC(COc1cccc(C(F)(F)F)c1)C1CCCCC1. The van der Waals surface area contributed by atoms with E-state index in [1.165, 1.54) is 18.6 Å². The van der Waals surface area contributed by atoms with Crippen LogP contribution in [-0.4, -0.2) is 17.8 Å². The van der Waals surface area contributed by atoms with E-state index in [1.807, 2.05) is 0 Å². The molecular weight excluding hydrogens is 269 g/mol. The van der Waals surface area contributed by atoms with Crippen LogP contribution >= 0.6 is 0 Å². The van der Waals surface area contributed by atoms with Gasteiger partial charge in [-0.15, -0.1) is 0 Å². The van der Waals surface area contributed by atoms with Crippen LogP contribution in [0.25, 0.3) is 0 Å². The highest BCUT2D eigenvalue weighted by Gasteiger charge is 2.30. The number of hydrogen-bond donors (Lipinski definition) is 1. The Morgan fingerprint density at radius 1 is 1.20 bits per heavy atom. The maximum atomic E-state index is 12.6. The molecule has 0 spiro atoms. The van der Waals surface area contributed by atoms with Crippen LogP contribution in [0.3, 0.4) is 0 Å². The summed E-state index contributed by atoms with van der Waals surface area (Å²) in [6.07, 6.45) is 0.348. The molecule has 1 aliphatic rings. The van der Waals surface area contributed by atoms with Gasteiger partial charge in [0, 0.05) is 0 Å². The van der Waals surface area contributed by atoms with E-state index in [4.69, 9.17) is 4.74 Å².